The lowest BCUT2D eigenvalue weighted by Gasteiger charge is -2.35. The van der Waals surface area contributed by atoms with Crippen molar-refractivity contribution < 1.29 is 19.4 Å². The molecule has 1 aliphatic carbocycles. The molecule has 1 N–H and O–H groups in total. The van der Waals surface area contributed by atoms with E-state index in [-0.39, 0.29) is 18.6 Å². The summed E-state index contributed by atoms with van der Waals surface area (Å²) in [5.41, 5.74) is 3.49. The van der Waals surface area contributed by atoms with E-state index in [0.29, 0.717) is 12.3 Å². The van der Waals surface area contributed by atoms with Crippen LogP contribution in [-0.4, -0.2) is 60.2 Å². The van der Waals surface area contributed by atoms with Gasteiger partial charge < -0.3 is 19.5 Å². The van der Waals surface area contributed by atoms with Gasteiger partial charge in [-0.3, -0.25) is 9.69 Å². The van der Waals surface area contributed by atoms with Gasteiger partial charge in [0.1, 0.15) is 11.5 Å². The Balaban J connectivity index is 1.19. The standard InChI is InChI=1S/C32H46N2O4/c1-3-29(38-31-17-14-27(22-28(31)24-35)26-8-5-4-6-9-26)10-7-11-32(36)34-20-18-33(19-21-34)23-25-12-15-30(37-2)16-13-25/h12-17,22,26,29,35H,3-11,18-21,23-24H2,1-2H3. The van der Waals surface area contributed by atoms with E-state index in [1.807, 2.05) is 17.0 Å². The highest BCUT2D eigenvalue weighted by Gasteiger charge is 2.22. The summed E-state index contributed by atoms with van der Waals surface area (Å²) in [7, 11) is 1.68. The van der Waals surface area contributed by atoms with Gasteiger partial charge in [0.05, 0.1) is 19.8 Å². The molecule has 2 aromatic carbocycles. The minimum atomic E-state index is -0.00471. The Morgan fingerprint density at radius 1 is 1.03 bits per heavy atom. The van der Waals surface area contributed by atoms with Crippen molar-refractivity contribution in [3.05, 3.63) is 59.2 Å². The Kier molecular flexibility index (Phi) is 10.9. The summed E-state index contributed by atoms with van der Waals surface area (Å²) in [5.74, 6) is 2.52. The molecule has 1 atom stereocenters. The van der Waals surface area contributed by atoms with Crippen molar-refractivity contribution >= 4 is 5.91 Å². The molecule has 2 aromatic rings. The van der Waals surface area contributed by atoms with Crippen molar-refractivity contribution in [1.29, 1.82) is 0 Å². The number of hydrogen-bond acceptors (Lipinski definition) is 5. The molecule has 0 radical (unpaired) electrons. The van der Waals surface area contributed by atoms with Crippen LogP contribution in [0.25, 0.3) is 0 Å². The average molecular weight is 523 g/mol. The van der Waals surface area contributed by atoms with Crippen molar-refractivity contribution in [1.82, 2.24) is 9.80 Å². The molecule has 0 bridgehead atoms. The van der Waals surface area contributed by atoms with Crippen LogP contribution in [0.2, 0.25) is 0 Å². The molecule has 2 fully saturated rings. The minimum Gasteiger partial charge on any atom is -0.497 e. The second-order valence-corrected chi connectivity index (χ2v) is 10.9. The van der Waals surface area contributed by atoms with Crippen LogP contribution in [0.3, 0.4) is 0 Å². The van der Waals surface area contributed by atoms with Crippen LogP contribution in [0.4, 0.5) is 0 Å². The van der Waals surface area contributed by atoms with Crippen LogP contribution in [0.1, 0.15) is 87.3 Å². The lowest BCUT2D eigenvalue weighted by molar-refractivity contribution is -0.133. The maximum absolute atomic E-state index is 12.9. The normalized spacial score (nSPS) is 17.8. The lowest BCUT2D eigenvalue weighted by Crippen LogP contribution is -2.48. The molecule has 2 aliphatic rings. The Morgan fingerprint density at radius 2 is 1.76 bits per heavy atom. The molecule has 1 aliphatic heterocycles. The second-order valence-electron chi connectivity index (χ2n) is 10.9. The van der Waals surface area contributed by atoms with E-state index in [0.717, 1.165) is 69.0 Å². The number of rotatable bonds is 12. The van der Waals surface area contributed by atoms with E-state index in [1.165, 1.54) is 43.2 Å². The number of hydrogen-bond donors (Lipinski definition) is 1. The van der Waals surface area contributed by atoms with E-state index < -0.39 is 0 Å². The number of piperazine rings is 1. The largest absolute Gasteiger partial charge is 0.497 e. The molecule has 1 amide bonds. The van der Waals surface area contributed by atoms with Gasteiger partial charge in [-0.05, 0) is 73.4 Å². The lowest BCUT2D eigenvalue weighted by atomic mass is 9.83. The fourth-order valence-electron chi connectivity index (χ4n) is 5.84. The molecule has 6 nitrogen and oxygen atoms in total. The second kappa shape index (κ2) is 14.5. The molecular weight excluding hydrogens is 476 g/mol. The summed E-state index contributed by atoms with van der Waals surface area (Å²) in [5, 5.41) is 10.0. The van der Waals surface area contributed by atoms with Crippen LogP contribution >= 0.6 is 0 Å². The van der Waals surface area contributed by atoms with Gasteiger partial charge in [0, 0.05) is 44.7 Å². The Bertz CT molecular complexity index is 995. The van der Waals surface area contributed by atoms with Crippen molar-refractivity contribution in [3.8, 4) is 11.5 Å². The number of carbonyl (C=O) groups excluding carboxylic acids is 1. The fraction of sp³-hybridized carbons (Fsp3) is 0.594. The Labute approximate surface area is 228 Å². The molecule has 0 spiro atoms. The number of amides is 1. The first-order valence-electron chi connectivity index (χ1n) is 14.6. The molecule has 6 heteroatoms. The van der Waals surface area contributed by atoms with E-state index in [1.54, 1.807) is 7.11 Å². The SMILES string of the molecule is CCC(CCCC(=O)N1CCN(Cc2ccc(OC)cc2)CC1)Oc1ccc(C2CCCCC2)cc1CO. The maximum Gasteiger partial charge on any atom is 0.222 e. The molecule has 208 valence electrons. The summed E-state index contributed by atoms with van der Waals surface area (Å²) in [6.45, 7) is 6.40. The Hall–Kier alpha value is -2.57. The molecule has 0 aromatic heterocycles. The number of nitrogens with zero attached hydrogens (tertiary/aromatic N) is 2. The highest BCUT2D eigenvalue weighted by Crippen LogP contribution is 2.35. The first kappa shape index (κ1) is 28.4. The van der Waals surface area contributed by atoms with Crippen LogP contribution < -0.4 is 9.47 Å². The third-order valence-electron chi connectivity index (χ3n) is 8.29. The van der Waals surface area contributed by atoms with E-state index in [4.69, 9.17) is 9.47 Å². The van der Waals surface area contributed by atoms with Gasteiger partial charge in [-0.25, -0.2) is 0 Å². The average Bonchev–Trinajstić information content (AvgIpc) is 2.97. The molecule has 1 heterocycles. The monoisotopic (exact) mass is 522 g/mol. The van der Waals surface area contributed by atoms with Crippen LogP contribution in [0.5, 0.6) is 11.5 Å². The summed E-state index contributed by atoms with van der Waals surface area (Å²) in [6, 6.07) is 14.6. The molecule has 38 heavy (non-hydrogen) atoms. The number of benzene rings is 2. The van der Waals surface area contributed by atoms with Crippen molar-refractivity contribution in [2.45, 2.75) is 89.9 Å². The smallest absolute Gasteiger partial charge is 0.222 e. The number of carbonyl (C=O) groups is 1. The van der Waals surface area contributed by atoms with Crippen molar-refractivity contribution in [2.75, 3.05) is 33.3 Å². The predicted molar refractivity (Wildman–Crippen MR) is 152 cm³/mol. The molecule has 1 unspecified atom stereocenters. The topological polar surface area (TPSA) is 62.2 Å². The maximum atomic E-state index is 12.9. The predicted octanol–water partition coefficient (Wildman–Crippen LogP) is 5.91. The number of methoxy groups -OCH3 is 1. The summed E-state index contributed by atoms with van der Waals surface area (Å²) < 4.78 is 11.6. The highest BCUT2D eigenvalue weighted by molar-refractivity contribution is 5.76. The van der Waals surface area contributed by atoms with Gasteiger partial charge in [-0.15, -0.1) is 0 Å². The van der Waals surface area contributed by atoms with Crippen molar-refractivity contribution in [3.63, 3.8) is 0 Å². The first-order chi connectivity index (χ1) is 18.6. The summed E-state index contributed by atoms with van der Waals surface area (Å²) in [4.78, 5) is 17.3. The van der Waals surface area contributed by atoms with Gasteiger partial charge in [0.15, 0.2) is 0 Å². The number of aliphatic hydroxyl groups excluding tert-OH is 1. The van der Waals surface area contributed by atoms with Crippen LogP contribution in [0, 0.1) is 0 Å². The zero-order valence-electron chi connectivity index (χ0n) is 23.4. The van der Waals surface area contributed by atoms with Gasteiger partial charge in [0.25, 0.3) is 0 Å². The third kappa shape index (κ3) is 7.97. The van der Waals surface area contributed by atoms with E-state index in [2.05, 4.69) is 42.2 Å². The van der Waals surface area contributed by atoms with Crippen LogP contribution in [0.15, 0.2) is 42.5 Å². The molecular formula is C32H46N2O4. The third-order valence-corrected chi connectivity index (χ3v) is 8.29. The van der Waals surface area contributed by atoms with Gasteiger partial charge in [-0.2, -0.15) is 0 Å². The fourth-order valence-corrected chi connectivity index (χ4v) is 5.84. The number of ether oxygens (including phenoxy) is 2. The zero-order chi connectivity index (χ0) is 26.7. The van der Waals surface area contributed by atoms with Gasteiger partial charge >= 0.3 is 0 Å². The van der Waals surface area contributed by atoms with Crippen LogP contribution in [-0.2, 0) is 17.9 Å². The molecule has 1 saturated heterocycles. The molecule has 1 saturated carbocycles. The number of aliphatic hydroxyl groups is 1. The summed E-state index contributed by atoms with van der Waals surface area (Å²) >= 11 is 0. The minimum absolute atomic E-state index is 0.00471. The summed E-state index contributed by atoms with van der Waals surface area (Å²) in [6.07, 6.45) is 9.58. The highest BCUT2D eigenvalue weighted by atomic mass is 16.5. The zero-order valence-corrected chi connectivity index (χ0v) is 23.4. The Morgan fingerprint density at radius 3 is 2.42 bits per heavy atom. The van der Waals surface area contributed by atoms with Gasteiger partial charge in [-0.1, -0.05) is 44.4 Å². The van der Waals surface area contributed by atoms with E-state index in [9.17, 15) is 9.90 Å². The van der Waals surface area contributed by atoms with Crippen molar-refractivity contribution in [2.24, 2.45) is 0 Å². The van der Waals surface area contributed by atoms with Gasteiger partial charge in [0.2, 0.25) is 5.91 Å². The quantitative estimate of drug-likeness (QED) is 0.376. The molecule has 4 rings (SSSR count). The first-order valence-corrected chi connectivity index (χ1v) is 14.6. The van der Waals surface area contributed by atoms with E-state index >= 15 is 0 Å².